The van der Waals surface area contributed by atoms with E-state index in [4.69, 9.17) is 0 Å². The number of rotatable bonds is 4. The van der Waals surface area contributed by atoms with Crippen molar-refractivity contribution < 1.29 is 4.79 Å². The van der Waals surface area contributed by atoms with Gasteiger partial charge in [0.15, 0.2) is 0 Å². The number of carbonyl (C=O) groups is 1. The first-order valence-electron chi connectivity index (χ1n) is 9.29. The van der Waals surface area contributed by atoms with Crippen LogP contribution in [0.1, 0.15) is 39.5 Å². The van der Waals surface area contributed by atoms with Crippen LogP contribution in [0, 0.1) is 26.7 Å². The Morgan fingerprint density at radius 2 is 2.04 bits per heavy atom. The van der Waals surface area contributed by atoms with E-state index in [2.05, 4.69) is 15.4 Å². The lowest BCUT2D eigenvalue weighted by molar-refractivity contribution is 0.0678. The van der Waals surface area contributed by atoms with Gasteiger partial charge in [0, 0.05) is 20.1 Å². The Morgan fingerprint density at radius 3 is 2.74 bits per heavy atom. The summed E-state index contributed by atoms with van der Waals surface area (Å²) >= 11 is 1.32. The summed E-state index contributed by atoms with van der Waals surface area (Å²) in [5, 5.41) is 8.03. The fourth-order valence-electron chi connectivity index (χ4n) is 3.65. The topological polar surface area (TPSA) is 80.1 Å². The van der Waals surface area contributed by atoms with Crippen LogP contribution in [-0.2, 0) is 7.05 Å². The highest BCUT2D eigenvalue weighted by atomic mass is 32.1. The third-order valence-corrected chi connectivity index (χ3v) is 6.39. The van der Waals surface area contributed by atoms with Gasteiger partial charge in [-0.15, -0.1) is 11.3 Å². The van der Waals surface area contributed by atoms with Crippen LogP contribution in [-0.4, -0.2) is 52.3 Å². The fraction of sp³-hybridized carbons (Fsp3) is 0.579. The zero-order valence-electron chi connectivity index (χ0n) is 16.6. The summed E-state index contributed by atoms with van der Waals surface area (Å²) in [5.41, 5.74) is 2.66. The van der Waals surface area contributed by atoms with E-state index in [1.807, 2.05) is 32.7 Å². The van der Waals surface area contributed by atoms with Crippen molar-refractivity contribution >= 4 is 17.2 Å². The molecule has 1 aliphatic rings. The summed E-state index contributed by atoms with van der Waals surface area (Å²) in [4.78, 5) is 32.8. The van der Waals surface area contributed by atoms with Crippen LogP contribution < -0.4 is 10.9 Å². The largest absolute Gasteiger partial charge is 0.338 e. The van der Waals surface area contributed by atoms with Crippen molar-refractivity contribution in [3.8, 4) is 10.6 Å². The molecule has 1 atom stereocenters. The van der Waals surface area contributed by atoms with Crippen molar-refractivity contribution in [2.45, 2.75) is 33.6 Å². The molecule has 27 heavy (non-hydrogen) atoms. The number of thiazole rings is 1. The van der Waals surface area contributed by atoms with Gasteiger partial charge in [-0.2, -0.15) is 5.10 Å². The molecule has 0 aliphatic carbocycles. The molecular weight excluding hydrogens is 362 g/mol. The normalized spacial score (nSPS) is 17.4. The predicted molar refractivity (Wildman–Crippen MR) is 107 cm³/mol. The molecule has 0 radical (unpaired) electrons. The smallest absolute Gasteiger partial charge is 0.277 e. The monoisotopic (exact) mass is 389 g/mol. The molecule has 0 saturated carbocycles. The lowest BCUT2D eigenvalue weighted by Crippen LogP contribution is -2.42. The molecule has 0 bridgehead atoms. The molecule has 3 rings (SSSR count). The second kappa shape index (κ2) is 7.90. The highest BCUT2D eigenvalue weighted by Gasteiger charge is 2.28. The standard InChI is InChI=1S/C19H27N5O2S/c1-11-12(2)22-23(5)18(25)15(11)17-21-13(3)16(27-17)19(26)24-8-6-7-14(10-24)9-20-4/h14,20H,6-10H2,1-5H3. The Hall–Kier alpha value is -2.06. The molecule has 7 nitrogen and oxygen atoms in total. The van der Waals surface area contributed by atoms with E-state index in [-0.39, 0.29) is 11.5 Å². The van der Waals surface area contributed by atoms with E-state index in [1.165, 1.54) is 16.0 Å². The number of aromatic nitrogens is 3. The molecule has 1 aliphatic heterocycles. The molecule has 1 amide bonds. The quantitative estimate of drug-likeness (QED) is 0.864. The third kappa shape index (κ3) is 3.82. The van der Waals surface area contributed by atoms with Gasteiger partial charge in [0.2, 0.25) is 0 Å². The second-order valence-electron chi connectivity index (χ2n) is 7.26. The van der Waals surface area contributed by atoms with Gasteiger partial charge in [-0.25, -0.2) is 9.67 Å². The van der Waals surface area contributed by atoms with E-state index < -0.39 is 0 Å². The maximum Gasteiger partial charge on any atom is 0.277 e. The molecule has 146 valence electrons. The van der Waals surface area contributed by atoms with Crippen molar-refractivity contribution in [3.63, 3.8) is 0 Å². The number of hydrogen-bond donors (Lipinski definition) is 1. The van der Waals surface area contributed by atoms with E-state index >= 15 is 0 Å². The first-order chi connectivity index (χ1) is 12.8. The number of amides is 1. The Labute approximate surface area is 163 Å². The predicted octanol–water partition coefficient (Wildman–Crippen LogP) is 1.90. The van der Waals surface area contributed by atoms with Gasteiger partial charge in [-0.3, -0.25) is 9.59 Å². The number of nitrogens with one attached hydrogen (secondary N) is 1. The lowest BCUT2D eigenvalue weighted by Gasteiger charge is -2.32. The summed E-state index contributed by atoms with van der Waals surface area (Å²) in [5.74, 6) is 0.509. The van der Waals surface area contributed by atoms with Gasteiger partial charge in [-0.1, -0.05) is 0 Å². The van der Waals surface area contributed by atoms with E-state index in [9.17, 15) is 9.59 Å². The van der Waals surface area contributed by atoms with E-state index in [1.54, 1.807) is 7.05 Å². The number of likely N-dealkylation sites (tertiary alicyclic amines) is 1. The molecule has 1 unspecified atom stereocenters. The first kappa shape index (κ1) is 19.7. The minimum atomic E-state index is -0.182. The third-order valence-electron chi connectivity index (χ3n) is 5.23. The van der Waals surface area contributed by atoms with Gasteiger partial charge in [0.1, 0.15) is 9.88 Å². The van der Waals surface area contributed by atoms with Gasteiger partial charge in [0.25, 0.3) is 11.5 Å². The number of hydrogen-bond acceptors (Lipinski definition) is 6. The number of piperidine rings is 1. The first-order valence-corrected chi connectivity index (χ1v) is 10.1. The highest BCUT2D eigenvalue weighted by Crippen LogP contribution is 2.30. The molecule has 1 fully saturated rings. The van der Waals surface area contributed by atoms with Crippen LogP contribution in [0.4, 0.5) is 0 Å². The van der Waals surface area contributed by atoms with Crippen LogP contribution >= 0.6 is 11.3 Å². The second-order valence-corrected chi connectivity index (χ2v) is 8.26. The minimum Gasteiger partial charge on any atom is -0.338 e. The summed E-state index contributed by atoms with van der Waals surface area (Å²) in [7, 11) is 3.58. The van der Waals surface area contributed by atoms with Gasteiger partial charge < -0.3 is 10.2 Å². The Balaban J connectivity index is 1.94. The van der Waals surface area contributed by atoms with Crippen LogP contribution in [0.3, 0.4) is 0 Å². The zero-order valence-corrected chi connectivity index (χ0v) is 17.4. The molecule has 2 aromatic rings. The maximum atomic E-state index is 13.1. The van der Waals surface area contributed by atoms with Crippen molar-refractivity contribution in [1.29, 1.82) is 0 Å². The fourth-order valence-corrected chi connectivity index (χ4v) is 4.78. The molecule has 1 N–H and O–H groups in total. The number of nitrogens with zero attached hydrogens (tertiary/aromatic N) is 4. The lowest BCUT2D eigenvalue weighted by atomic mass is 9.98. The van der Waals surface area contributed by atoms with Crippen molar-refractivity contribution in [2.75, 3.05) is 26.7 Å². The van der Waals surface area contributed by atoms with Gasteiger partial charge in [-0.05, 0) is 58.7 Å². The van der Waals surface area contributed by atoms with Crippen LogP contribution in [0.15, 0.2) is 4.79 Å². The molecule has 3 heterocycles. The van der Waals surface area contributed by atoms with E-state index in [0.717, 1.165) is 43.7 Å². The van der Waals surface area contributed by atoms with Gasteiger partial charge in [0.05, 0.1) is 17.0 Å². The molecule has 0 spiro atoms. The van der Waals surface area contributed by atoms with Crippen LogP contribution in [0.25, 0.3) is 10.6 Å². The SMILES string of the molecule is CNCC1CCCN(C(=O)c2sc(-c3c(C)c(C)nn(C)c3=O)nc2C)C1. The number of carbonyl (C=O) groups excluding carboxylic acids is 1. The summed E-state index contributed by atoms with van der Waals surface area (Å²) in [6.45, 7) is 8.06. The molecule has 8 heteroatoms. The average Bonchev–Trinajstić information content (AvgIpc) is 3.01. The van der Waals surface area contributed by atoms with Crippen LogP contribution in [0.5, 0.6) is 0 Å². The Bertz CT molecular complexity index is 916. The number of aryl methyl sites for hydroxylation is 3. The summed E-state index contributed by atoms with van der Waals surface area (Å²) in [6, 6.07) is 0. The zero-order chi connectivity index (χ0) is 19.7. The van der Waals surface area contributed by atoms with Gasteiger partial charge >= 0.3 is 0 Å². The maximum absolute atomic E-state index is 13.1. The van der Waals surface area contributed by atoms with Crippen molar-refractivity contribution in [1.82, 2.24) is 25.0 Å². The molecule has 1 saturated heterocycles. The molecular formula is C19H27N5O2S. The van der Waals surface area contributed by atoms with Crippen molar-refractivity contribution in [2.24, 2.45) is 13.0 Å². The van der Waals surface area contributed by atoms with Crippen LogP contribution in [0.2, 0.25) is 0 Å². The average molecular weight is 390 g/mol. The minimum absolute atomic E-state index is 0.0253. The Morgan fingerprint density at radius 1 is 1.30 bits per heavy atom. The van der Waals surface area contributed by atoms with Crippen molar-refractivity contribution in [3.05, 3.63) is 32.2 Å². The highest BCUT2D eigenvalue weighted by molar-refractivity contribution is 7.17. The summed E-state index contributed by atoms with van der Waals surface area (Å²) in [6.07, 6.45) is 2.16. The molecule has 0 aromatic carbocycles. The molecule has 2 aromatic heterocycles. The van der Waals surface area contributed by atoms with E-state index in [0.29, 0.717) is 27.1 Å². The Kier molecular flexibility index (Phi) is 5.76. The summed E-state index contributed by atoms with van der Waals surface area (Å²) < 4.78 is 1.34.